The molecule has 0 unspecified atom stereocenters. The smallest absolute Gasteiger partial charge is 0.256 e. The zero-order chi connectivity index (χ0) is 44.9. The van der Waals surface area contributed by atoms with E-state index in [1.165, 1.54) is 0 Å². The molecule has 0 aliphatic heterocycles. The van der Waals surface area contributed by atoms with E-state index in [1.54, 1.807) is 45.9 Å². The van der Waals surface area contributed by atoms with Crippen LogP contribution >= 0.6 is 11.6 Å². The molecule has 4 heterocycles. The second-order valence-corrected chi connectivity index (χ2v) is 15.0. The number of nitrogens with one attached hydrogen (secondary N) is 1. The SMILES string of the molecule is CCN(CC)C(=O)c1ccc(OC)cc1C.COc1ccc2c(=O)[nH]c(-c3ccc(OC(C)C)cn3)cc2c1.COc1ccc2c(Cl)nc(-c3ccc(OC(C)C)cn3)cc2c1. The normalized spacial score (nSPS) is 10.7. The van der Waals surface area contributed by atoms with Crippen molar-refractivity contribution < 1.29 is 28.5 Å². The number of hydrogen-bond acceptors (Lipinski definition) is 10. The fourth-order valence-corrected chi connectivity index (χ4v) is 6.67. The topological polar surface area (TPSA) is 138 Å². The van der Waals surface area contributed by atoms with Crippen LogP contribution in [0.2, 0.25) is 5.15 Å². The number of aromatic nitrogens is 4. The summed E-state index contributed by atoms with van der Waals surface area (Å²) in [5, 5.41) is 3.73. The highest BCUT2D eigenvalue weighted by molar-refractivity contribution is 6.34. The molecule has 0 saturated carbocycles. The Kier molecular flexibility index (Phi) is 16.3. The zero-order valence-electron chi connectivity index (χ0n) is 36.9. The average Bonchev–Trinajstić information content (AvgIpc) is 3.26. The molecule has 0 aliphatic carbocycles. The first-order valence-electron chi connectivity index (χ1n) is 20.3. The van der Waals surface area contributed by atoms with Crippen LogP contribution in [0.15, 0.2) is 108 Å². The Morgan fingerprint density at radius 3 is 1.65 bits per heavy atom. The van der Waals surface area contributed by atoms with Gasteiger partial charge in [-0.15, -0.1) is 0 Å². The molecule has 62 heavy (non-hydrogen) atoms. The third kappa shape index (κ3) is 12.0. The number of aryl methyl sites for hydroxylation is 1. The number of benzene rings is 3. The number of hydrogen-bond donors (Lipinski definition) is 1. The van der Waals surface area contributed by atoms with Gasteiger partial charge in [0.2, 0.25) is 0 Å². The molecule has 0 bridgehead atoms. The molecule has 7 rings (SSSR count). The van der Waals surface area contributed by atoms with Crippen molar-refractivity contribution in [2.24, 2.45) is 0 Å². The number of aromatic amines is 1. The number of rotatable bonds is 12. The van der Waals surface area contributed by atoms with Gasteiger partial charge in [-0.1, -0.05) is 11.6 Å². The first-order valence-corrected chi connectivity index (χ1v) is 20.7. The first kappa shape index (κ1) is 46.4. The van der Waals surface area contributed by atoms with Gasteiger partial charge >= 0.3 is 0 Å². The van der Waals surface area contributed by atoms with Gasteiger partial charge in [0.25, 0.3) is 11.5 Å². The van der Waals surface area contributed by atoms with E-state index in [4.69, 9.17) is 35.3 Å². The number of H-pyrrole nitrogens is 1. The van der Waals surface area contributed by atoms with Gasteiger partial charge in [-0.05, 0) is 156 Å². The molecular weight excluding hydrogens is 806 g/mol. The molecule has 0 spiro atoms. The van der Waals surface area contributed by atoms with Crippen LogP contribution < -0.4 is 29.2 Å². The van der Waals surface area contributed by atoms with Crippen LogP contribution in [-0.2, 0) is 0 Å². The first-order chi connectivity index (χ1) is 29.8. The van der Waals surface area contributed by atoms with Gasteiger partial charge in [0.15, 0.2) is 0 Å². The summed E-state index contributed by atoms with van der Waals surface area (Å²) < 4.78 is 26.8. The predicted octanol–water partition coefficient (Wildman–Crippen LogP) is 10.6. The number of halogens is 1. The molecule has 0 fully saturated rings. The van der Waals surface area contributed by atoms with Gasteiger partial charge < -0.3 is 33.6 Å². The summed E-state index contributed by atoms with van der Waals surface area (Å²) in [5.41, 5.74) is 4.36. The van der Waals surface area contributed by atoms with Crippen LogP contribution in [0, 0.1) is 6.92 Å². The van der Waals surface area contributed by atoms with Crippen molar-refractivity contribution in [2.45, 2.75) is 60.7 Å². The van der Waals surface area contributed by atoms with Crippen LogP contribution in [0.3, 0.4) is 0 Å². The maximum absolute atomic E-state index is 12.2. The summed E-state index contributed by atoms with van der Waals surface area (Å²) in [6.45, 7) is 15.3. The van der Waals surface area contributed by atoms with Gasteiger partial charge in [0.1, 0.15) is 33.9 Å². The molecule has 324 valence electrons. The Bertz CT molecular complexity index is 2650. The highest BCUT2D eigenvalue weighted by atomic mass is 35.5. The summed E-state index contributed by atoms with van der Waals surface area (Å²) >= 11 is 6.30. The Morgan fingerprint density at radius 1 is 0.645 bits per heavy atom. The molecule has 0 aliphatic rings. The van der Waals surface area contributed by atoms with Crippen LogP contribution in [0.5, 0.6) is 28.7 Å². The summed E-state index contributed by atoms with van der Waals surface area (Å²) in [7, 11) is 4.87. The number of carbonyl (C=O) groups is 1. The summed E-state index contributed by atoms with van der Waals surface area (Å²) in [6.07, 6.45) is 3.56. The van der Waals surface area contributed by atoms with Gasteiger partial charge in [-0.2, -0.15) is 0 Å². The largest absolute Gasteiger partial charge is 0.497 e. The summed E-state index contributed by atoms with van der Waals surface area (Å²) in [6, 6.07) is 27.9. The minimum Gasteiger partial charge on any atom is -0.497 e. The van der Waals surface area contributed by atoms with E-state index in [0.29, 0.717) is 39.1 Å². The van der Waals surface area contributed by atoms with Crippen LogP contribution in [0.4, 0.5) is 0 Å². The minimum absolute atomic E-state index is 0.0881. The maximum Gasteiger partial charge on any atom is 0.256 e. The Balaban J connectivity index is 0.000000179. The minimum atomic E-state index is -0.149. The van der Waals surface area contributed by atoms with Gasteiger partial charge in [-0.3, -0.25) is 19.6 Å². The van der Waals surface area contributed by atoms with Crippen molar-refractivity contribution in [3.05, 3.63) is 130 Å². The lowest BCUT2D eigenvalue weighted by Crippen LogP contribution is -2.30. The Labute approximate surface area is 367 Å². The number of pyridine rings is 4. The van der Waals surface area contributed by atoms with Crippen molar-refractivity contribution in [1.29, 1.82) is 0 Å². The standard InChI is InChI=1S/C18H17ClN2O2.C18H18N2O3.C13H19NO2/c1-11(2)23-14-5-7-16(20-10-14)17-9-12-8-13(22-3)4-6-15(12)18(19)21-17;1-11(2)23-14-5-7-16(19-10-14)17-9-12-8-13(22-3)4-6-15(12)18(21)20-17;1-5-14(6-2)13(15)12-8-7-11(16-4)9-10(12)3/h4-11H,1-3H3;4-11H,1-3H3,(H,20,21);7-9H,5-6H2,1-4H3. The van der Waals surface area contributed by atoms with Crippen molar-refractivity contribution in [1.82, 2.24) is 24.8 Å². The van der Waals surface area contributed by atoms with E-state index in [-0.39, 0.29) is 23.7 Å². The molecule has 4 aromatic heterocycles. The summed E-state index contributed by atoms with van der Waals surface area (Å²) in [4.78, 5) is 42.2. The molecule has 1 N–H and O–H groups in total. The number of amides is 1. The molecule has 1 amide bonds. The van der Waals surface area contributed by atoms with Gasteiger partial charge in [0, 0.05) is 29.4 Å². The second kappa shape index (κ2) is 21.7. The quantitative estimate of drug-likeness (QED) is 0.118. The number of fused-ring (bicyclic) bond motifs is 2. The van der Waals surface area contributed by atoms with Crippen molar-refractivity contribution >= 4 is 39.1 Å². The lowest BCUT2D eigenvalue weighted by molar-refractivity contribution is 0.0772. The van der Waals surface area contributed by atoms with Crippen molar-refractivity contribution in [3.63, 3.8) is 0 Å². The maximum atomic E-state index is 12.2. The van der Waals surface area contributed by atoms with E-state index >= 15 is 0 Å². The molecule has 0 radical (unpaired) electrons. The molecule has 0 atom stereocenters. The van der Waals surface area contributed by atoms with Gasteiger partial charge in [0.05, 0.1) is 68.7 Å². The monoisotopic (exact) mass is 859 g/mol. The molecule has 7 aromatic rings. The van der Waals surface area contributed by atoms with Crippen LogP contribution in [0.1, 0.15) is 57.5 Å². The number of nitrogens with zero attached hydrogens (tertiary/aromatic N) is 4. The molecular formula is C49H54ClN5O7. The summed E-state index contributed by atoms with van der Waals surface area (Å²) in [5.74, 6) is 3.80. The lowest BCUT2D eigenvalue weighted by atomic mass is 10.1. The van der Waals surface area contributed by atoms with Crippen LogP contribution in [-0.4, -0.2) is 77.4 Å². The van der Waals surface area contributed by atoms with E-state index < -0.39 is 0 Å². The fraction of sp³-hybridized carbons (Fsp3) is 0.286. The third-order valence-corrected chi connectivity index (χ3v) is 9.80. The number of carbonyl (C=O) groups excluding carboxylic acids is 1. The molecule has 3 aromatic carbocycles. The van der Waals surface area contributed by atoms with Crippen molar-refractivity contribution in [2.75, 3.05) is 34.4 Å². The number of ether oxygens (including phenoxy) is 5. The zero-order valence-corrected chi connectivity index (χ0v) is 37.7. The third-order valence-electron chi connectivity index (χ3n) is 9.51. The second-order valence-electron chi connectivity index (χ2n) is 14.6. The van der Waals surface area contributed by atoms with Gasteiger partial charge in [-0.25, -0.2) is 4.98 Å². The Morgan fingerprint density at radius 2 is 1.15 bits per heavy atom. The van der Waals surface area contributed by atoms with E-state index in [1.807, 2.05) is 132 Å². The van der Waals surface area contributed by atoms with Crippen LogP contribution in [0.25, 0.3) is 44.3 Å². The highest BCUT2D eigenvalue weighted by Crippen LogP contribution is 2.30. The lowest BCUT2D eigenvalue weighted by Gasteiger charge is -2.19. The molecule has 12 nitrogen and oxygen atoms in total. The average molecular weight is 860 g/mol. The van der Waals surface area contributed by atoms with E-state index in [9.17, 15) is 9.59 Å². The van der Waals surface area contributed by atoms with E-state index in [0.717, 1.165) is 63.3 Å². The van der Waals surface area contributed by atoms with Crippen molar-refractivity contribution in [3.8, 4) is 51.5 Å². The van der Waals surface area contributed by atoms with E-state index in [2.05, 4.69) is 19.9 Å². The predicted molar refractivity (Wildman–Crippen MR) is 247 cm³/mol. The molecule has 0 saturated heterocycles. The molecule has 13 heteroatoms. The highest BCUT2D eigenvalue weighted by Gasteiger charge is 2.15. The fourth-order valence-electron chi connectivity index (χ4n) is 6.40. The number of methoxy groups -OCH3 is 3. The Hall–Kier alpha value is -6.66.